The summed E-state index contributed by atoms with van der Waals surface area (Å²) in [6, 6.07) is 11.0. The number of ether oxygens (including phenoxy) is 1. The zero-order chi connectivity index (χ0) is 27.2. The predicted octanol–water partition coefficient (Wildman–Crippen LogP) is 0.913. The van der Waals surface area contributed by atoms with Crippen molar-refractivity contribution in [3.8, 4) is 6.07 Å². The molecule has 0 aromatic heterocycles. The molecule has 2 saturated heterocycles. The number of carbonyl (C=O) groups excluding carboxylic acids is 2. The second-order valence-corrected chi connectivity index (χ2v) is 10.1. The molecule has 0 radical (unpaired) electrons. The average molecular weight is 518 g/mol. The van der Waals surface area contributed by atoms with Crippen LogP contribution in [0.3, 0.4) is 0 Å². The summed E-state index contributed by atoms with van der Waals surface area (Å²) in [6.07, 6.45) is 0.588. The third-order valence-electron chi connectivity index (χ3n) is 6.68. The lowest BCUT2D eigenvalue weighted by atomic mass is 9.76. The van der Waals surface area contributed by atoms with Crippen molar-refractivity contribution in [2.45, 2.75) is 56.6 Å². The van der Waals surface area contributed by atoms with Crippen LogP contribution in [0.5, 0.6) is 0 Å². The first-order valence-electron chi connectivity index (χ1n) is 12.3. The van der Waals surface area contributed by atoms with E-state index >= 15 is 0 Å². The van der Waals surface area contributed by atoms with Gasteiger partial charge in [0, 0.05) is 31.6 Å². The number of nitriles is 1. The third kappa shape index (κ3) is 8.07. The molecule has 37 heavy (non-hydrogen) atoms. The van der Waals surface area contributed by atoms with E-state index in [9.17, 15) is 33.7 Å². The van der Waals surface area contributed by atoms with Crippen molar-refractivity contribution in [2.24, 2.45) is 0 Å². The lowest BCUT2D eigenvalue weighted by Crippen LogP contribution is -2.51. The largest absolute Gasteiger partial charge is 0.475 e. The maximum absolute atomic E-state index is 13.7. The van der Waals surface area contributed by atoms with Gasteiger partial charge < -0.3 is 25.0 Å². The van der Waals surface area contributed by atoms with Crippen LogP contribution in [-0.4, -0.2) is 95.1 Å². The topological polar surface area (TPSA) is 126 Å². The molecule has 2 heterocycles. The molecule has 1 aromatic rings. The minimum atomic E-state index is -2.80. The van der Waals surface area contributed by atoms with E-state index in [1.807, 2.05) is 36.4 Å². The highest BCUT2D eigenvalue weighted by atomic mass is 19.3. The molecule has 3 rings (SSSR count). The van der Waals surface area contributed by atoms with Gasteiger partial charge in [-0.1, -0.05) is 30.3 Å². The minimum absolute atomic E-state index is 0.0541. The first-order valence-corrected chi connectivity index (χ1v) is 12.3. The molecular weight excluding hydrogens is 485 g/mol. The zero-order valence-corrected chi connectivity index (χ0v) is 21.1. The van der Waals surface area contributed by atoms with E-state index in [1.54, 1.807) is 18.7 Å². The van der Waals surface area contributed by atoms with E-state index in [1.165, 1.54) is 11.0 Å². The molecule has 2 aliphatic rings. The maximum Gasteiger partial charge on any atom is 0.475 e. The van der Waals surface area contributed by atoms with E-state index < -0.39 is 49.0 Å². The van der Waals surface area contributed by atoms with Crippen molar-refractivity contribution in [2.75, 3.05) is 32.8 Å². The third-order valence-corrected chi connectivity index (χ3v) is 6.68. The van der Waals surface area contributed by atoms with Crippen LogP contribution in [0.4, 0.5) is 8.78 Å². The van der Waals surface area contributed by atoms with E-state index in [0.29, 0.717) is 0 Å². The number of hydrogen-bond donors (Lipinski definition) is 3. The van der Waals surface area contributed by atoms with Crippen molar-refractivity contribution < 1.29 is 33.2 Å². The highest BCUT2D eigenvalue weighted by Crippen LogP contribution is 2.33. The molecule has 2 fully saturated rings. The van der Waals surface area contributed by atoms with Crippen LogP contribution in [0.25, 0.3) is 0 Å². The van der Waals surface area contributed by atoms with E-state index in [2.05, 4.69) is 5.32 Å². The Morgan fingerprint density at radius 1 is 1.32 bits per heavy atom. The Hall–Kier alpha value is -2.85. The van der Waals surface area contributed by atoms with Crippen LogP contribution >= 0.6 is 0 Å². The Morgan fingerprint density at radius 2 is 2.03 bits per heavy atom. The van der Waals surface area contributed by atoms with Crippen molar-refractivity contribution >= 4 is 18.9 Å². The Bertz CT molecular complexity index is 1030. The number of hydrogen-bond acceptors (Lipinski definition) is 7. The van der Waals surface area contributed by atoms with Crippen molar-refractivity contribution in [3.63, 3.8) is 0 Å². The summed E-state index contributed by atoms with van der Waals surface area (Å²) in [6.45, 7) is 3.51. The van der Waals surface area contributed by atoms with Gasteiger partial charge in [0.1, 0.15) is 11.6 Å². The van der Waals surface area contributed by atoms with Crippen LogP contribution in [-0.2, 0) is 20.7 Å². The van der Waals surface area contributed by atoms with Crippen molar-refractivity contribution in [1.82, 2.24) is 15.1 Å². The molecule has 0 spiro atoms. The molecule has 0 bridgehead atoms. The fraction of sp³-hybridized carbons (Fsp3) is 0.560. The van der Waals surface area contributed by atoms with Crippen LogP contribution in [0.15, 0.2) is 42.0 Å². The number of halogens is 2. The normalized spacial score (nSPS) is 21.3. The fourth-order valence-corrected chi connectivity index (χ4v) is 4.58. The van der Waals surface area contributed by atoms with E-state index in [4.69, 9.17) is 4.74 Å². The number of carbonyl (C=O) groups is 2. The van der Waals surface area contributed by atoms with Gasteiger partial charge >= 0.3 is 7.12 Å². The Morgan fingerprint density at radius 3 is 2.62 bits per heavy atom. The average Bonchev–Trinajstić information content (AvgIpc) is 3.23. The van der Waals surface area contributed by atoms with Gasteiger partial charge in [-0.15, -0.1) is 0 Å². The van der Waals surface area contributed by atoms with Gasteiger partial charge in [0.15, 0.2) is 0 Å². The summed E-state index contributed by atoms with van der Waals surface area (Å²) in [7, 11) is -1.77. The molecule has 0 aliphatic carbocycles. The zero-order valence-electron chi connectivity index (χ0n) is 21.1. The van der Waals surface area contributed by atoms with Gasteiger partial charge in [-0.05, 0) is 31.9 Å². The molecule has 200 valence electrons. The second-order valence-electron chi connectivity index (χ2n) is 10.1. The van der Waals surface area contributed by atoms with Gasteiger partial charge in [-0.3, -0.25) is 14.5 Å². The number of alkyl halides is 2. The number of benzene rings is 1. The van der Waals surface area contributed by atoms with Gasteiger partial charge in [-0.25, -0.2) is 8.78 Å². The van der Waals surface area contributed by atoms with Crippen LogP contribution in [0, 0.1) is 11.3 Å². The molecule has 9 nitrogen and oxygen atoms in total. The summed E-state index contributed by atoms with van der Waals surface area (Å²) in [5.74, 6) is -4.75. The molecule has 2 amide bonds. The SMILES string of the molecule is CC(C)(C=C(C#N)C(=O)N1CCO[C@@H](CC(=O)N[C@@H](Cc2ccccc2)B(O)O)C1)N1CCC(F)(F)C1. The van der Waals surface area contributed by atoms with E-state index in [-0.39, 0.29) is 51.1 Å². The molecule has 2 atom stereocenters. The Labute approximate surface area is 215 Å². The number of nitrogens with one attached hydrogen (secondary N) is 1. The highest BCUT2D eigenvalue weighted by molar-refractivity contribution is 6.43. The standard InChI is InChI=1S/C25H33BF2N4O5/c1-24(2,32-9-8-25(27,28)17-32)14-19(15-29)23(34)31-10-11-37-20(16-31)13-22(33)30-21(26(35)36)12-18-6-4-3-5-7-18/h3-7,14,20-21,35-36H,8-13,16-17H2,1-2H3,(H,30,33)/t20-,21-/m0/s1. The smallest absolute Gasteiger partial charge is 0.426 e. The monoisotopic (exact) mass is 518 g/mol. The number of nitrogens with zero attached hydrogens (tertiary/aromatic N) is 3. The first kappa shape index (κ1) is 28.7. The lowest BCUT2D eigenvalue weighted by molar-refractivity contribution is -0.138. The molecular formula is C25H33BF2N4O5. The maximum atomic E-state index is 13.7. The van der Waals surface area contributed by atoms with Crippen molar-refractivity contribution in [3.05, 3.63) is 47.5 Å². The van der Waals surface area contributed by atoms with Gasteiger partial charge in [-0.2, -0.15) is 5.26 Å². The summed E-state index contributed by atoms with van der Waals surface area (Å²) in [4.78, 5) is 28.7. The highest BCUT2D eigenvalue weighted by Gasteiger charge is 2.43. The molecule has 0 unspecified atom stereocenters. The first-order chi connectivity index (χ1) is 17.4. The summed E-state index contributed by atoms with van der Waals surface area (Å²) >= 11 is 0. The molecule has 2 aliphatic heterocycles. The number of morpholine rings is 1. The number of amides is 2. The van der Waals surface area contributed by atoms with Crippen LogP contribution in [0.1, 0.15) is 32.3 Å². The Kier molecular flexibility index (Phi) is 9.42. The number of likely N-dealkylation sites (tertiary alicyclic amines) is 1. The molecule has 3 N–H and O–H groups in total. The summed E-state index contributed by atoms with van der Waals surface area (Å²) in [5, 5.41) is 31.7. The molecule has 12 heteroatoms. The summed E-state index contributed by atoms with van der Waals surface area (Å²) in [5.41, 5.74) is -0.259. The van der Waals surface area contributed by atoms with Crippen LogP contribution in [0.2, 0.25) is 0 Å². The molecule has 0 saturated carbocycles. The van der Waals surface area contributed by atoms with Crippen molar-refractivity contribution in [1.29, 1.82) is 5.26 Å². The van der Waals surface area contributed by atoms with Gasteiger partial charge in [0.25, 0.3) is 11.8 Å². The quantitative estimate of drug-likeness (QED) is 0.252. The Balaban J connectivity index is 1.59. The fourth-order valence-electron chi connectivity index (χ4n) is 4.58. The van der Waals surface area contributed by atoms with Gasteiger partial charge in [0.05, 0.1) is 31.6 Å². The van der Waals surface area contributed by atoms with Gasteiger partial charge in [0.2, 0.25) is 5.91 Å². The lowest BCUT2D eigenvalue weighted by Gasteiger charge is -2.35. The van der Waals surface area contributed by atoms with E-state index in [0.717, 1.165) is 5.56 Å². The second kappa shape index (κ2) is 12.1. The minimum Gasteiger partial charge on any atom is -0.426 e. The van der Waals surface area contributed by atoms with Crippen LogP contribution < -0.4 is 5.32 Å². The summed E-state index contributed by atoms with van der Waals surface area (Å²) < 4.78 is 33.0. The predicted molar refractivity (Wildman–Crippen MR) is 132 cm³/mol. The number of rotatable bonds is 9. The molecule has 1 aromatic carbocycles.